The standard InChI is InChI=1S/C19H10Cl2F3N7O5/c20-10-3-7(28-30-13(6-25)16(32)27-18(34)35)4-11(21)14(10)36-8-1-2-12-9(5-8)15(31-29-12)26-17(33)19(22,23)24/h1-5,28H,(H,27,32)(H,34,35)(H2,26,29,31,33). The summed E-state index contributed by atoms with van der Waals surface area (Å²) in [5, 5.41) is 30.1. The Bertz CT molecular complexity index is 1430. The summed E-state index contributed by atoms with van der Waals surface area (Å²) < 4.78 is 43.3. The van der Waals surface area contributed by atoms with Crippen LogP contribution in [0.1, 0.15) is 0 Å². The van der Waals surface area contributed by atoms with Gasteiger partial charge in [0.2, 0.25) is 5.71 Å². The number of alkyl halides is 3. The normalized spacial score (nSPS) is 11.5. The number of hydrogen-bond donors (Lipinski definition) is 5. The first kappa shape index (κ1) is 26.1. The molecule has 2 aromatic carbocycles. The second kappa shape index (κ2) is 10.4. The number of nitriles is 1. The van der Waals surface area contributed by atoms with E-state index in [0.29, 0.717) is 5.52 Å². The highest BCUT2D eigenvalue weighted by molar-refractivity contribution is 6.46. The number of benzene rings is 2. The Morgan fingerprint density at radius 2 is 1.83 bits per heavy atom. The first-order valence-corrected chi connectivity index (χ1v) is 9.96. The predicted octanol–water partition coefficient (Wildman–Crippen LogP) is 4.25. The van der Waals surface area contributed by atoms with E-state index in [0.717, 1.165) is 0 Å². The van der Waals surface area contributed by atoms with E-state index in [9.17, 15) is 27.6 Å². The number of amides is 3. The van der Waals surface area contributed by atoms with Gasteiger partial charge in [-0.1, -0.05) is 23.2 Å². The maximum atomic E-state index is 12.6. The van der Waals surface area contributed by atoms with E-state index in [1.54, 1.807) is 5.32 Å². The van der Waals surface area contributed by atoms with Gasteiger partial charge in [0.25, 0.3) is 5.91 Å². The maximum absolute atomic E-state index is 12.6. The summed E-state index contributed by atoms with van der Waals surface area (Å²) >= 11 is 12.4. The van der Waals surface area contributed by atoms with Crippen LogP contribution in [0.25, 0.3) is 10.9 Å². The molecular formula is C19H10Cl2F3N7O5. The Hall–Kier alpha value is -4.55. The van der Waals surface area contributed by atoms with E-state index in [4.69, 9.17) is 38.3 Å². The number of aromatic amines is 1. The molecule has 0 aliphatic carbocycles. The number of nitrogens with one attached hydrogen (secondary N) is 4. The lowest BCUT2D eigenvalue weighted by Gasteiger charge is -2.12. The van der Waals surface area contributed by atoms with E-state index in [1.165, 1.54) is 41.7 Å². The third-order valence-corrected chi connectivity index (χ3v) is 4.64. The highest BCUT2D eigenvalue weighted by Gasteiger charge is 2.39. The summed E-state index contributed by atoms with van der Waals surface area (Å²) in [6, 6.07) is 8.06. The smallest absolute Gasteiger partial charge is 0.465 e. The maximum Gasteiger partial charge on any atom is 0.471 e. The van der Waals surface area contributed by atoms with Gasteiger partial charge in [0, 0.05) is 5.39 Å². The van der Waals surface area contributed by atoms with Crippen molar-refractivity contribution in [1.82, 2.24) is 15.5 Å². The SMILES string of the molecule is N#CC(=NNc1cc(Cl)c(Oc2ccc3[nH]nc(NC(=O)C(F)(F)F)c3c2)c(Cl)c1)C(=O)NC(=O)O. The van der Waals surface area contributed by atoms with Crippen molar-refractivity contribution in [3.05, 3.63) is 40.4 Å². The molecule has 5 N–H and O–H groups in total. The molecule has 0 radical (unpaired) electrons. The molecule has 36 heavy (non-hydrogen) atoms. The second-order valence-corrected chi connectivity index (χ2v) is 7.36. The fourth-order valence-electron chi connectivity index (χ4n) is 2.57. The minimum Gasteiger partial charge on any atom is -0.465 e. The zero-order valence-electron chi connectivity index (χ0n) is 17.2. The number of carbonyl (C=O) groups is 3. The number of rotatable bonds is 6. The van der Waals surface area contributed by atoms with Crippen molar-refractivity contribution in [2.75, 3.05) is 10.7 Å². The number of imide groups is 1. The second-order valence-electron chi connectivity index (χ2n) is 6.55. The van der Waals surface area contributed by atoms with Gasteiger partial charge < -0.3 is 15.2 Å². The molecule has 0 spiro atoms. The molecule has 3 amide bonds. The quantitative estimate of drug-likeness (QED) is 0.226. The molecule has 0 atom stereocenters. The van der Waals surface area contributed by atoms with Crippen molar-refractivity contribution < 1.29 is 37.4 Å². The Morgan fingerprint density at radius 3 is 2.42 bits per heavy atom. The summed E-state index contributed by atoms with van der Waals surface area (Å²) in [4.78, 5) is 33.3. The molecule has 17 heteroatoms. The van der Waals surface area contributed by atoms with Crippen molar-refractivity contribution in [2.24, 2.45) is 5.10 Å². The average Bonchev–Trinajstić information content (AvgIpc) is 3.17. The first-order chi connectivity index (χ1) is 16.9. The lowest BCUT2D eigenvalue weighted by Crippen LogP contribution is -2.34. The lowest BCUT2D eigenvalue weighted by atomic mass is 10.2. The summed E-state index contributed by atoms with van der Waals surface area (Å²) in [5.74, 6) is -3.85. The van der Waals surface area contributed by atoms with Crippen LogP contribution in [-0.2, 0) is 9.59 Å². The monoisotopic (exact) mass is 543 g/mol. The van der Waals surface area contributed by atoms with Gasteiger partial charge in [-0.2, -0.15) is 28.6 Å². The van der Waals surface area contributed by atoms with Crippen LogP contribution in [0.5, 0.6) is 11.5 Å². The molecular weight excluding hydrogens is 534 g/mol. The van der Waals surface area contributed by atoms with Crippen molar-refractivity contribution in [3.63, 3.8) is 0 Å². The Labute approximate surface area is 207 Å². The highest BCUT2D eigenvalue weighted by Crippen LogP contribution is 2.40. The molecule has 0 bridgehead atoms. The number of hydrogen-bond acceptors (Lipinski definition) is 8. The molecule has 0 unspecified atom stereocenters. The van der Waals surface area contributed by atoms with E-state index in [-0.39, 0.29) is 38.4 Å². The van der Waals surface area contributed by atoms with E-state index < -0.39 is 29.8 Å². The molecule has 0 aliphatic rings. The molecule has 3 rings (SSSR count). The summed E-state index contributed by atoms with van der Waals surface area (Å²) in [7, 11) is 0. The van der Waals surface area contributed by atoms with Gasteiger partial charge >= 0.3 is 18.2 Å². The Kier molecular flexibility index (Phi) is 7.51. The minimum atomic E-state index is -5.12. The minimum absolute atomic E-state index is 0.0688. The third kappa shape index (κ3) is 6.11. The number of carbonyl (C=O) groups excluding carboxylic acids is 2. The van der Waals surface area contributed by atoms with Gasteiger partial charge in [0.15, 0.2) is 11.6 Å². The fourth-order valence-corrected chi connectivity index (χ4v) is 3.14. The van der Waals surface area contributed by atoms with Gasteiger partial charge in [-0.15, -0.1) is 0 Å². The van der Waals surface area contributed by atoms with Crippen LogP contribution in [0, 0.1) is 11.3 Å². The number of fused-ring (bicyclic) bond motifs is 1. The number of hydrazone groups is 1. The van der Waals surface area contributed by atoms with Gasteiger partial charge in [0.1, 0.15) is 11.8 Å². The van der Waals surface area contributed by atoms with Crippen molar-refractivity contribution in [3.8, 4) is 17.6 Å². The number of ether oxygens (including phenoxy) is 1. The van der Waals surface area contributed by atoms with Crippen LogP contribution in [0.4, 0.5) is 29.5 Å². The average molecular weight is 544 g/mol. The molecule has 12 nitrogen and oxygen atoms in total. The molecule has 0 saturated carbocycles. The van der Waals surface area contributed by atoms with Crippen LogP contribution in [-0.4, -0.2) is 45.1 Å². The van der Waals surface area contributed by atoms with E-state index in [1.807, 2.05) is 0 Å². The number of halogens is 5. The van der Waals surface area contributed by atoms with Gasteiger partial charge in [-0.05, 0) is 30.3 Å². The first-order valence-electron chi connectivity index (χ1n) is 9.20. The largest absolute Gasteiger partial charge is 0.471 e. The summed E-state index contributed by atoms with van der Waals surface area (Å²) in [5.41, 5.74) is 1.92. The highest BCUT2D eigenvalue weighted by atomic mass is 35.5. The van der Waals surface area contributed by atoms with Crippen LogP contribution in [0.3, 0.4) is 0 Å². The molecule has 1 heterocycles. The Morgan fingerprint density at radius 1 is 1.17 bits per heavy atom. The number of H-pyrrole nitrogens is 1. The lowest BCUT2D eigenvalue weighted by molar-refractivity contribution is -0.167. The number of nitrogens with zero attached hydrogens (tertiary/aromatic N) is 3. The van der Waals surface area contributed by atoms with Gasteiger partial charge in [-0.3, -0.25) is 25.4 Å². The topological polar surface area (TPSA) is 182 Å². The zero-order chi connectivity index (χ0) is 26.6. The van der Waals surface area contributed by atoms with E-state index >= 15 is 0 Å². The van der Waals surface area contributed by atoms with Gasteiger partial charge in [0.05, 0.1) is 21.2 Å². The van der Waals surface area contributed by atoms with Crippen molar-refractivity contribution >= 4 is 69.2 Å². The van der Waals surface area contributed by atoms with E-state index in [2.05, 4.69) is 20.7 Å². The molecule has 0 aliphatic heterocycles. The molecule has 3 aromatic rings. The van der Waals surface area contributed by atoms with Crippen LogP contribution in [0.2, 0.25) is 10.0 Å². The number of carboxylic acid groups (broad SMARTS) is 1. The third-order valence-electron chi connectivity index (χ3n) is 4.08. The predicted molar refractivity (Wildman–Crippen MR) is 120 cm³/mol. The van der Waals surface area contributed by atoms with Crippen LogP contribution in [0.15, 0.2) is 35.4 Å². The number of anilines is 2. The van der Waals surface area contributed by atoms with Crippen molar-refractivity contribution in [1.29, 1.82) is 5.26 Å². The molecule has 0 fully saturated rings. The zero-order valence-corrected chi connectivity index (χ0v) is 18.7. The van der Waals surface area contributed by atoms with Crippen LogP contribution >= 0.6 is 23.2 Å². The molecule has 186 valence electrons. The van der Waals surface area contributed by atoms with Gasteiger partial charge in [-0.25, -0.2) is 4.79 Å². The number of aromatic nitrogens is 2. The summed E-state index contributed by atoms with van der Waals surface area (Å²) in [6.45, 7) is 0. The fraction of sp³-hybridized carbons (Fsp3) is 0.0526. The van der Waals surface area contributed by atoms with Crippen molar-refractivity contribution in [2.45, 2.75) is 6.18 Å². The summed E-state index contributed by atoms with van der Waals surface area (Å²) in [6.07, 6.45) is -6.80. The Balaban J connectivity index is 1.83. The van der Waals surface area contributed by atoms with Crippen LogP contribution < -0.4 is 20.8 Å². The molecule has 1 aromatic heterocycles. The molecule has 0 saturated heterocycles.